The van der Waals surface area contributed by atoms with E-state index in [1.54, 1.807) is 5.38 Å². The number of hydrogen-bond donors (Lipinski definition) is 2. The molecular formula is C8H9N3OS. The Bertz CT molecular complexity index is 362. The lowest BCUT2D eigenvalue weighted by Gasteiger charge is -2.36. The van der Waals surface area contributed by atoms with Crippen LogP contribution in [0.3, 0.4) is 0 Å². The number of aliphatic hydroxyl groups is 1. The number of nitriles is 1. The number of nitrogens with two attached hydrogens (primary N) is 1. The van der Waals surface area contributed by atoms with Gasteiger partial charge in [0.1, 0.15) is 16.6 Å². The molecule has 0 saturated carbocycles. The standard InChI is InChI=1S/C8H9N3OS/c9-1-6-7(10)4-13-8(6)11-2-5(12)3-11/h4-5,12H,2-3,10H2. The summed E-state index contributed by atoms with van der Waals surface area (Å²) in [6.45, 7) is 1.21. The molecule has 0 radical (unpaired) electrons. The molecule has 4 nitrogen and oxygen atoms in total. The summed E-state index contributed by atoms with van der Waals surface area (Å²) < 4.78 is 0. The van der Waals surface area contributed by atoms with E-state index in [1.165, 1.54) is 11.3 Å². The van der Waals surface area contributed by atoms with Gasteiger partial charge in [-0.3, -0.25) is 0 Å². The third-order valence-corrected chi connectivity index (χ3v) is 3.12. The number of rotatable bonds is 1. The van der Waals surface area contributed by atoms with Crippen molar-refractivity contribution in [2.75, 3.05) is 23.7 Å². The van der Waals surface area contributed by atoms with Crippen molar-refractivity contribution >= 4 is 22.0 Å². The molecule has 68 valence electrons. The van der Waals surface area contributed by atoms with Crippen LogP contribution in [0, 0.1) is 11.3 Å². The minimum atomic E-state index is -0.255. The topological polar surface area (TPSA) is 73.3 Å². The summed E-state index contributed by atoms with van der Waals surface area (Å²) in [5, 5.41) is 20.6. The Morgan fingerprint density at radius 3 is 2.92 bits per heavy atom. The first-order valence-electron chi connectivity index (χ1n) is 3.92. The largest absolute Gasteiger partial charge is 0.397 e. The van der Waals surface area contributed by atoms with Crippen LogP contribution in [0.5, 0.6) is 0 Å². The molecule has 2 rings (SSSR count). The van der Waals surface area contributed by atoms with Crippen molar-refractivity contribution in [3.05, 3.63) is 10.9 Å². The molecule has 0 spiro atoms. The van der Waals surface area contributed by atoms with Gasteiger partial charge in [0.25, 0.3) is 0 Å². The molecule has 1 fully saturated rings. The van der Waals surface area contributed by atoms with Gasteiger partial charge >= 0.3 is 0 Å². The fraction of sp³-hybridized carbons (Fsp3) is 0.375. The van der Waals surface area contributed by atoms with Crippen LogP contribution < -0.4 is 10.6 Å². The number of nitrogen functional groups attached to an aromatic ring is 1. The Kier molecular flexibility index (Phi) is 1.87. The molecule has 3 N–H and O–H groups in total. The molecule has 5 heteroatoms. The van der Waals surface area contributed by atoms with Crippen molar-refractivity contribution in [2.45, 2.75) is 6.10 Å². The van der Waals surface area contributed by atoms with Crippen LogP contribution in [0.2, 0.25) is 0 Å². The SMILES string of the molecule is N#Cc1c(N)csc1N1CC(O)C1. The molecule has 0 amide bonds. The molecule has 1 aromatic heterocycles. The van der Waals surface area contributed by atoms with Gasteiger partial charge in [-0.1, -0.05) is 0 Å². The van der Waals surface area contributed by atoms with Gasteiger partial charge in [0.2, 0.25) is 0 Å². The zero-order chi connectivity index (χ0) is 9.42. The van der Waals surface area contributed by atoms with Gasteiger partial charge in [-0.15, -0.1) is 11.3 Å². The van der Waals surface area contributed by atoms with Crippen molar-refractivity contribution in [3.8, 4) is 6.07 Å². The summed E-state index contributed by atoms with van der Waals surface area (Å²) >= 11 is 1.45. The summed E-state index contributed by atoms with van der Waals surface area (Å²) in [5.41, 5.74) is 6.67. The van der Waals surface area contributed by atoms with Gasteiger partial charge in [-0.05, 0) is 0 Å². The highest BCUT2D eigenvalue weighted by molar-refractivity contribution is 7.15. The average Bonchev–Trinajstić information content (AvgIpc) is 2.41. The lowest BCUT2D eigenvalue weighted by atomic mass is 10.1. The molecule has 2 heterocycles. The minimum Gasteiger partial charge on any atom is -0.397 e. The molecule has 1 aliphatic heterocycles. The van der Waals surface area contributed by atoms with E-state index < -0.39 is 0 Å². The number of thiophene rings is 1. The van der Waals surface area contributed by atoms with E-state index in [9.17, 15) is 0 Å². The maximum Gasteiger partial charge on any atom is 0.111 e. The fourth-order valence-corrected chi connectivity index (χ4v) is 2.26. The van der Waals surface area contributed by atoms with Crippen LogP contribution in [0.25, 0.3) is 0 Å². The molecule has 0 aromatic carbocycles. The zero-order valence-electron chi connectivity index (χ0n) is 6.90. The predicted molar refractivity (Wildman–Crippen MR) is 51.7 cm³/mol. The monoisotopic (exact) mass is 195 g/mol. The molecule has 1 saturated heterocycles. The van der Waals surface area contributed by atoms with Gasteiger partial charge < -0.3 is 15.7 Å². The van der Waals surface area contributed by atoms with Crippen molar-refractivity contribution in [3.63, 3.8) is 0 Å². The molecule has 1 aromatic rings. The third kappa shape index (κ3) is 1.24. The molecule has 0 atom stereocenters. The Morgan fingerprint density at radius 1 is 1.69 bits per heavy atom. The Morgan fingerprint density at radius 2 is 2.38 bits per heavy atom. The number of β-amino-alcohol motifs (C(OH)–C–C–N with tert-alkyl or cyclic N) is 1. The zero-order valence-corrected chi connectivity index (χ0v) is 7.71. The first-order valence-corrected chi connectivity index (χ1v) is 4.80. The van der Waals surface area contributed by atoms with Crippen molar-refractivity contribution in [2.24, 2.45) is 0 Å². The fourth-order valence-electron chi connectivity index (χ4n) is 1.33. The highest BCUT2D eigenvalue weighted by Crippen LogP contribution is 2.35. The quantitative estimate of drug-likeness (QED) is 0.679. The molecule has 1 aliphatic rings. The van der Waals surface area contributed by atoms with Crippen molar-refractivity contribution in [1.29, 1.82) is 5.26 Å². The number of aliphatic hydroxyl groups excluding tert-OH is 1. The van der Waals surface area contributed by atoms with E-state index in [4.69, 9.17) is 16.1 Å². The van der Waals surface area contributed by atoms with E-state index in [0.29, 0.717) is 24.3 Å². The van der Waals surface area contributed by atoms with Gasteiger partial charge in [0.15, 0.2) is 0 Å². The molecular weight excluding hydrogens is 186 g/mol. The summed E-state index contributed by atoms with van der Waals surface area (Å²) in [5.74, 6) is 0. The highest BCUT2D eigenvalue weighted by Gasteiger charge is 2.28. The lowest BCUT2D eigenvalue weighted by molar-refractivity contribution is 0.142. The van der Waals surface area contributed by atoms with Crippen LogP contribution in [0.1, 0.15) is 5.56 Å². The first kappa shape index (κ1) is 8.35. The van der Waals surface area contributed by atoms with Gasteiger partial charge in [-0.25, -0.2) is 0 Å². The van der Waals surface area contributed by atoms with E-state index in [2.05, 4.69) is 6.07 Å². The van der Waals surface area contributed by atoms with Gasteiger partial charge in [-0.2, -0.15) is 5.26 Å². The number of hydrogen-bond acceptors (Lipinski definition) is 5. The number of nitrogens with zero attached hydrogens (tertiary/aromatic N) is 2. The average molecular weight is 195 g/mol. The normalized spacial score (nSPS) is 16.8. The van der Waals surface area contributed by atoms with Crippen LogP contribution in [-0.2, 0) is 0 Å². The summed E-state index contributed by atoms with van der Waals surface area (Å²) in [4.78, 5) is 1.96. The van der Waals surface area contributed by atoms with Gasteiger partial charge in [0, 0.05) is 18.5 Å². The van der Waals surface area contributed by atoms with Gasteiger partial charge in [0.05, 0.1) is 11.8 Å². The Balaban J connectivity index is 2.26. The van der Waals surface area contributed by atoms with Crippen LogP contribution in [0.15, 0.2) is 5.38 Å². The maximum atomic E-state index is 9.10. The highest BCUT2D eigenvalue weighted by atomic mass is 32.1. The predicted octanol–water partition coefficient (Wildman–Crippen LogP) is 0.383. The summed E-state index contributed by atoms with van der Waals surface area (Å²) in [7, 11) is 0. The van der Waals surface area contributed by atoms with E-state index in [-0.39, 0.29) is 6.10 Å². The molecule has 0 aliphatic carbocycles. The Hall–Kier alpha value is -1.25. The van der Waals surface area contributed by atoms with E-state index in [1.807, 2.05) is 4.90 Å². The molecule has 13 heavy (non-hydrogen) atoms. The molecule has 0 bridgehead atoms. The van der Waals surface area contributed by atoms with Crippen LogP contribution in [-0.4, -0.2) is 24.3 Å². The van der Waals surface area contributed by atoms with Crippen molar-refractivity contribution < 1.29 is 5.11 Å². The smallest absolute Gasteiger partial charge is 0.111 e. The summed E-state index contributed by atoms with van der Waals surface area (Å²) in [6, 6.07) is 2.07. The second-order valence-corrected chi connectivity index (χ2v) is 3.90. The van der Waals surface area contributed by atoms with Crippen LogP contribution >= 0.6 is 11.3 Å². The van der Waals surface area contributed by atoms with E-state index in [0.717, 1.165) is 5.00 Å². The maximum absolute atomic E-state index is 9.10. The summed E-state index contributed by atoms with van der Waals surface area (Å²) in [6.07, 6.45) is -0.255. The molecule has 0 unspecified atom stereocenters. The Labute approximate surface area is 79.8 Å². The second-order valence-electron chi connectivity index (χ2n) is 3.04. The lowest BCUT2D eigenvalue weighted by Crippen LogP contribution is -2.50. The van der Waals surface area contributed by atoms with E-state index >= 15 is 0 Å². The third-order valence-electron chi connectivity index (χ3n) is 2.06. The van der Waals surface area contributed by atoms with Crippen molar-refractivity contribution in [1.82, 2.24) is 0 Å². The minimum absolute atomic E-state index is 0.255. The van der Waals surface area contributed by atoms with Crippen LogP contribution in [0.4, 0.5) is 10.7 Å². The first-order chi connectivity index (χ1) is 6.22. The number of anilines is 2. The second kappa shape index (κ2) is 2.91.